The third-order valence-electron chi connectivity index (χ3n) is 3.20. The number of rotatable bonds is 3. The lowest BCUT2D eigenvalue weighted by Gasteiger charge is -2.23. The molecule has 0 radical (unpaired) electrons. The fourth-order valence-corrected chi connectivity index (χ4v) is 2.11. The monoisotopic (exact) mass is 246 g/mol. The molecule has 0 aromatic heterocycles. The van der Waals surface area contributed by atoms with Gasteiger partial charge in [-0.25, -0.2) is 4.79 Å². The van der Waals surface area contributed by atoms with E-state index in [9.17, 15) is 9.59 Å². The topological polar surface area (TPSA) is 52.6 Å². The Morgan fingerprint density at radius 1 is 1.44 bits per heavy atom. The van der Waals surface area contributed by atoms with E-state index in [1.165, 1.54) is 7.11 Å². The van der Waals surface area contributed by atoms with Crippen LogP contribution < -0.4 is 0 Å². The fourth-order valence-electron chi connectivity index (χ4n) is 2.11. The van der Waals surface area contributed by atoms with Crippen LogP contribution in [0.15, 0.2) is 42.5 Å². The Bertz CT molecular complexity index is 492. The summed E-state index contributed by atoms with van der Waals surface area (Å²) in [4.78, 5) is 23.5. The summed E-state index contributed by atoms with van der Waals surface area (Å²) in [5, 5.41) is 0. The van der Waals surface area contributed by atoms with Gasteiger partial charge in [-0.3, -0.25) is 4.79 Å². The molecule has 0 bridgehead atoms. The average Bonchev–Trinajstić information content (AvgIpc) is 2.68. The van der Waals surface area contributed by atoms with Gasteiger partial charge in [0.1, 0.15) is 12.0 Å². The van der Waals surface area contributed by atoms with E-state index >= 15 is 0 Å². The van der Waals surface area contributed by atoms with Gasteiger partial charge in [-0.2, -0.15) is 0 Å². The van der Waals surface area contributed by atoms with Crippen LogP contribution in [0.5, 0.6) is 0 Å². The second-order valence-corrected chi connectivity index (χ2v) is 4.29. The van der Waals surface area contributed by atoms with Crippen molar-refractivity contribution in [1.82, 2.24) is 0 Å². The van der Waals surface area contributed by atoms with Gasteiger partial charge < -0.3 is 9.47 Å². The van der Waals surface area contributed by atoms with E-state index in [1.54, 1.807) is 0 Å². The van der Waals surface area contributed by atoms with Crippen LogP contribution in [0.1, 0.15) is 5.56 Å². The first kappa shape index (κ1) is 12.4. The minimum Gasteiger partial charge on any atom is -0.468 e. The molecule has 1 aliphatic rings. The lowest BCUT2D eigenvalue weighted by atomic mass is 9.78. The second kappa shape index (κ2) is 4.64. The molecule has 1 heterocycles. The van der Waals surface area contributed by atoms with E-state index in [-0.39, 0.29) is 12.2 Å². The van der Waals surface area contributed by atoms with Crippen molar-refractivity contribution in [3.8, 4) is 0 Å². The highest BCUT2D eigenvalue weighted by molar-refractivity contribution is 6.00. The molecular weight excluding hydrogens is 232 g/mol. The van der Waals surface area contributed by atoms with Gasteiger partial charge in [0.2, 0.25) is 0 Å². The van der Waals surface area contributed by atoms with Crippen LogP contribution in [0.25, 0.3) is 0 Å². The summed E-state index contributed by atoms with van der Waals surface area (Å²) >= 11 is 0. The summed E-state index contributed by atoms with van der Waals surface area (Å²) < 4.78 is 9.73. The van der Waals surface area contributed by atoms with Crippen LogP contribution in [0.4, 0.5) is 0 Å². The van der Waals surface area contributed by atoms with E-state index < -0.39 is 17.4 Å². The van der Waals surface area contributed by atoms with Gasteiger partial charge in [0, 0.05) is 0 Å². The molecule has 0 aliphatic carbocycles. The van der Waals surface area contributed by atoms with Crippen LogP contribution in [-0.4, -0.2) is 25.7 Å². The normalized spacial score (nSPS) is 22.7. The first-order valence-electron chi connectivity index (χ1n) is 5.59. The molecule has 2 rings (SSSR count). The molecule has 0 N–H and O–H groups in total. The van der Waals surface area contributed by atoms with Gasteiger partial charge in [0.05, 0.1) is 12.7 Å². The largest absolute Gasteiger partial charge is 0.468 e. The van der Waals surface area contributed by atoms with Crippen molar-refractivity contribution in [3.63, 3.8) is 0 Å². The molecule has 1 fully saturated rings. The van der Waals surface area contributed by atoms with Gasteiger partial charge in [-0.05, 0) is 12.0 Å². The van der Waals surface area contributed by atoms with Crippen molar-refractivity contribution < 1.29 is 19.1 Å². The Hall–Kier alpha value is -2.10. The number of hydrogen-bond donors (Lipinski definition) is 0. The summed E-state index contributed by atoms with van der Waals surface area (Å²) in [6.45, 7) is 3.67. The highest BCUT2D eigenvalue weighted by Gasteiger charge is 2.51. The van der Waals surface area contributed by atoms with E-state index in [4.69, 9.17) is 9.47 Å². The number of carbonyl (C=O) groups is 2. The molecule has 1 atom stereocenters. The Kier molecular flexibility index (Phi) is 3.19. The SMILES string of the molecule is C=C1C(=O)OC[C@]1(Cc1ccccc1)C(=O)OC. The third-order valence-corrected chi connectivity index (χ3v) is 3.20. The quantitative estimate of drug-likeness (QED) is 0.599. The van der Waals surface area contributed by atoms with Crippen molar-refractivity contribution in [3.05, 3.63) is 48.0 Å². The molecule has 4 heteroatoms. The van der Waals surface area contributed by atoms with Gasteiger partial charge >= 0.3 is 11.9 Å². The number of esters is 2. The van der Waals surface area contributed by atoms with Crippen LogP contribution in [0, 0.1) is 5.41 Å². The van der Waals surface area contributed by atoms with Gasteiger partial charge in [0.15, 0.2) is 0 Å². The van der Waals surface area contributed by atoms with Crippen molar-refractivity contribution in [2.75, 3.05) is 13.7 Å². The third kappa shape index (κ3) is 1.90. The highest BCUT2D eigenvalue weighted by Crippen LogP contribution is 2.38. The number of methoxy groups -OCH3 is 1. The molecule has 4 nitrogen and oxygen atoms in total. The fraction of sp³-hybridized carbons (Fsp3) is 0.286. The summed E-state index contributed by atoms with van der Waals surface area (Å²) in [7, 11) is 1.30. The number of ether oxygens (including phenoxy) is 2. The number of cyclic esters (lactones) is 1. The molecule has 0 spiro atoms. The van der Waals surface area contributed by atoms with E-state index in [1.807, 2.05) is 30.3 Å². The zero-order valence-electron chi connectivity index (χ0n) is 10.1. The average molecular weight is 246 g/mol. The predicted molar refractivity (Wildman–Crippen MR) is 64.7 cm³/mol. The summed E-state index contributed by atoms with van der Waals surface area (Å²) in [6.07, 6.45) is 0.352. The first-order chi connectivity index (χ1) is 8.60. The van der Waals surface area contributed by atoms with Crippen molar-refractivity contribution in [2.24, 2.45) is 5.41 Å². The molecule has 1 aromatic carbocycles. The summed E-state index contributed by atoms with van der Waals surface area (Å²) in [6, 6.07) is 9.42. The van der Waals surface area contributed by atoms with E-state index in [2.05, 4.69) is 6.58 Å². The molecule has 18 heavy (non-hydrogen) atoms. The first-order valence-corrected chi connectivity index (χ1v) is 5.59. The zero-order valence-corrected chi connectivity index (χ0v) is 10.1. The Balaban J connectivity index is 2.36. The molecule has 1 saturated heterocycles. The number of hydrogen-bond acceptors (Lipinski definition) is 4. The Morgan fingerprint density at radius 3 is 2.61 bits per heavy atom. The predicted octanol–water partition coefficient (Wildman–Crippen LogP) is 1.50. The standard InChI is InChI=1S/C14H14O4/c1-10-12(15)18-9-14(10,13(16)17-2)8-11-6-4-3-5-7-11/h3-7H,1,8-9H2,2H3/t14-/m0/s1. The van der Waals surface area contributed by atoms with Crippen LogP contribution in [0.2, 0.25) is 0 Å². The molecule has 0 amide bonds. The van der Waals surface area contributed by atoms with Gasteiger partial charge in [-0.1, -0.05) is 36.9 Å². The van der Waals surface area contributed by atoms with Crippen LogP contribution >= 0.6 is 0 Å². The van der Waals surface area contributed by atoms with E-state index in [0.29, 0.717) is 6.42 Å². The van der Waals surface area contributed by atoms with Crippen molar-refractivity contribution >= 4 is 11.9 Å². The van der Waals surface area contributed by atoms with Gasteiger partial charge in [-0.15, -0.1) is 0 Å². The number of carbonyl (C=O) groups excluding carboxylic acids is 2. The summed E-state index contributed by atoms with van der Waals surface area (Å²) in [5.74, 6) is -1.02. The maximum atomic E-state index is 12.0. The van der Waals surface area contributed by atoms with Crippen molar-refractivity contribution in [1.29, 1.82) is 0 Å². The summed E-state index contributed by atoms with van der Waals surface area (Å²) in [5.41, 5.74) is 0.00764. The Morgan fingerprint density at radius 2 is 2.11 bits per heavy atom. The minimum absolute atomic E-state index is 0.00770. The maximum Gasteiger partial charge on any atom is 0.334 e. The lowest BCUT2D eigenvalue weighted by Crippen LogP contribution is -2.36. The van der Waals surface area contributed by atoms with Crippen LogP contribution in [-0.2, 0) is 25.5 Å². The number of benzene rings is 1. The minimum atomic E-state index is -1.09. The van der Waals surface area contributed by atoms with Crippen molar-refractivity contribution in [2.45, 2.75) is 6.42 Å². The second-order valence-electron chi connectivity index (χ2n) is 4.29. The molecule has 0 saturated carbocycles. The molecule has 1 aliphatic heterocycles. The maximum absolute atomic E-state index is 12.0. The zero-order chi connectivity index (χ0) is 13.2. The molecular formula is C14H14O4. The smallest absolute Gasteiger partial charge is 0.334 e. The molecule has 0 unspecified atom stereocenters. The lowest BCUT2D eigenvalue weighted by molar-refractivity contribution is -0.150. The van der Waals surface area contributed by atoms with Crippen LogP contribution in [0.3, 0.4) is 0 Å². The van der Waals surface area contributed by atoms with E-state index in [0.717, 1.165) is 5.56 Å². The molecule has 1 aromatic rings. The Labute approximate surface area is 105 Å². The highest BCUT2D eigenvalue weighted by atomic mass is 16.6. The molecule has 94 valence electrons. The van der Waals surface area contributed by atoms with Gasteiger partial charge in [0.25, 0.3) is 0 Å².